The van der Waals surface area contributed by atoms with Crippen molar-refractivity contribution in [2.45, 2.75) is 11.3 Å². The minimum Gasteiger partial charge on any atom is -0.384 e. The molecule has 1 N–H and O–H groups in total. The Balaban J connectivity index is 2.68. The van der Waals surface area contributed by atoms with Crippen LogP contribution in [0, 0.1) is 9.39 Å². The highest BCUT2D eigenvalue weighted by Gasteiger charge is 2.23. The third-order valence-electron chi connectivity index (χ3n) is 2.26. The molecule has 1 aliphatic heterocycles. The SMILES string of the molecule is O=S1(=O)CCCNc2cc(I)c(F)cc21. The van der Waals surface area contributed by atoms with Crippen molar-refractivity contribution in [2.75, 3.05) is 17.6 Å². The fourth-order valence-electron chi connectivity index (χ4n) is 1.52. The predicted octanol–water partition coefficient (Wildman–Crippen LogP) is 2.02. The van der Waals surface area contributed by atoms with Gasteiger partial charge in [-0.15, -0.1) is 0 Å². The van der Waals surface area contributed by atoms with E-state index in [1.807, 2.05) is 22.6 Å². The zero-order valence-corrected chi connectivity index (χ0v) is 10.7. The first kappa shape index (κ1) is 11.1. The van der Waals surface area contributed by atoms with Gasteiger partial charge in [-0.3, -0.25) is 0 Å². The van der Waals surface area contributed by atoms with E-state index in [0.717, 1.165) is 6.07 Å². The van der Waals surface area contributed by atoms with E-state index >= 15 is 0 Å². The van der Waals surface area contributed by atoms with Gasteiger partial charge in [0.2, 0.25) is 0 Å². The van der Waals surface area contributed by atoms with Crippen LogP contribution < -0.4 is 5.32 Å². The first-order valence-electron chi connectivity index (χ1n) is 4.46. The largest absolute Gasteiger partial charge is 0.384 e. The van der Waals surface area contributed by atoms with Gasteiger partial charge in [0.25, 0.3) is 0 Å². The molecule has 1 aromatic carbocycles. The maximum Gasteiger partial charge on any atom is 0.180 e. The maximum atomic E-state index is 13.3. The number of fused-ring (bicyclic) bond motifs is 1. The number of halogens is 2. The third-order valence-corrected chi connectivity index (χ3v) is 4.92. The van der Waals surface area contributed by atoms with E-state index in [2.05, 4.69) is 5.32 Å². The van der Waals surface area contributed by atoms with Gasteiger partial charge in [0.1, 0.15) is 5.82 Å². The molecule has 0 saturated carbocycles. The smallest absolute Gasteiger partial charge is 0.180 e. The molecule has 82 valence electrons. The monoisotopic (exact) mass is 341 g/mol. The molecule has 0 amide bonds. The van der Waals surface area contributed by atoms with Gasteiger partial charge in [0.05, 0.1) is 19.9 Å². The van der Waals surface area contributed by atoms with E-state index < -0.39 is 15.7 Å². The maximum absolute atomic E-state index is 13.3. The summed E-state index contributed by atoms with van der Waals surface area (Å²) in [5.74, 6) is -0.408. The Morgan fingerprint density at radius 3 is 2.87 bits per heavy atom. The standard InChI is InChI=1S/C9H9FINO2S/c10-6-4-9-8(5-7(6)11)12-2-1-3-15(9,13)14/h4-5,12H,1-3H2. The zero-order chi connectivity index (χ0) is 11.1. The minimum atomic E-state index is -3.32. The molecule has 15 heavy (non-hydrogen) atoms. The summed E-state index contributed by atoms with van der Waals surface area (Å²) in [5.41, 5.74) is 0.512. The number of hydrogen-bond acceptors (Lipinski definition) is 3. The Morgan fingerprint density at radius 2 is 2.13 bits per heavy atom. The van der Waals surface area contributed by atoms with Crippen LogP contribution in [0.1, 0.15) is 6.42 Å². The van der Waals surface area contributed by atoms with Crippen LogP contribution in [0.3, 0.4) is 0 Å². The number of nitrogens with one attached hydrogen (secondary N) is 1. The van der Waals surface area contributed by atoms with Gasteiger partial charge < -0.3 is 5.32 Å². The van der Waals surface area contributed by atoms with Gasteiger partial charge >= 0.3 is 0 Å². The number of rotatable bonds is 0. The summed E-state index contributed by atoms with van der Waals surface area (Å²) in [7, 11) is -3.32. The van der Waals surface area contributed by atoms with E-state index in [0.29, 0.717) is 22.2 Å². The van der Waals surface area contributed by atoms with Gasteiger partial charge in [0, 0.05) is 6.54 Å². The summed E-state index contributed by atoms with van der Waals surface area (Å²) in [6.45, 7) is 0.605. The molecule has 1 aliphatic rings. The molecular weight excluding hydrogens is 332 g/mol. The third kappa shape index (κ3) is 2.10. The summed E-state index contributed by atoms with van der Waals surface area (Å²) in [6, 6.07) is 2.64. The number of sulfone groups is 1. The molecule has 3 nitrogen and oxygen atoms in total. The van der Waals surface area contributed by atoms with E-state index in [1.54, 1.807) is 0 Å². The molecule has 0 radical (unpaired) electrons. The van der Waals surface area contributed by atoms with Crippen LogP contribution in [0.2, 0.25) is 0 Å². The van der Waals surface area contributed by atoms with Crippen LogP contribution in [-0.4, -0.2) is 20.7 Å². The second-order valence-corrected chi connectivity index (χ2v) is 6.60. The van der Waals surface area contributed by atoms with Gasteiger partial charge in [0.15, 0.2) is 9.84 Å². The molecule has 0 saturated heterocycles. The van der Waals surface area contributed by atoms with Crippen molar-refractivity contribution in [2.24, 2.45) is 0 Å². The van der Waals surface area contributed by atoms with Crippen molar-refractivity contribution in [3.63, 3.8) is 0 Å². The lowest BCUT2D eigenvalue weighted by Crippen LogP contribution is -2.06. The molecule has 6 heteroatoms. The number of hydrogen-bond donors (Lipinski definition) is 1. The average molecular weight is 341 g/mol. The second-order valence-electron chi connectivity index (χ2n) is 3.36. The van der Waals surface area contributed by atoms with Gasteiger partial charge in [-0.25, -0.2) is 12.8 Å². The summed E-state index contributed by atoms with van der Waals surface area (Å²) in [5, 5.41) is 3.00. The lowest BCUT2D eigenvalue weighted by molar-refractivity contribution is 0.590. The first-order valence-corrected chi connectivity index (χ1v) is 7.19. The highest BCUT2D eigenvalue weighted by molar-refractivity contribution is 14.1. The fourth-order valence-corrected chi connectivity index (χ4v) is 3.48. The van der Waals surface area contributed by atoms with Crippen LogP contribution in [0.15, 0.2) is 17.0 Å². The zero-order valence-electron chi connectivity index (χ0n) is 7.76. The van der Waals surface area contributed by atoms with E-state index in [4.69, 9.17) is 0 Å². The van der Waals surface area contributed by atoms with Gasteiger partial charge in [-0.2, -0.15) is 0 Å². The normalized spacial score (nSPS) is 18.8. The van der Waals surface area contributed by atoms with Gasteiger partial charge in [-0.1, -0.05) is 0 Å². The minimum absolute atomic E-state index is 0.0764. The van der Waals surface area contributed by atoms with Crippen LogP contribution in [0.5, 0.6) is 0 Å². The summed E-state index contributed by atoms with van der Waals surface area (Å²) >= 11 is 1.85. The average Bonchev–Trinajstić information content (AvgIpc) is 2.29. The number of anilines is 1. The molecule has 0 spiro atoms. The summed E-state index contributed by atoms with van der Waals surface area (Å²) in [6.07, 6.45) is 0.551. The Bertz CT molecular complexity index is 501. The quantitative estimate of drug-likeness (QED) is 0.735. The molecule has 0 atom stereocenters. The van der Waals surface area contributed by atoms with E-state index in [1.165, 1.54) is 6.07 Å². The van der Waals surface area contributed by atoms with Crippen molar-refractivity contribution in [3.05, 3.63) is 21.5 Å². The first-order chi connectivity index (χ1) is 7.00. The van der Waals surface area contributed by atoms with Crippen LogP contribution >= 0.6 is 22.6 Å². The van der Waals surface area contributed by atoms with Crippen molar-refractivity contribution < 1.29 is 12.8 Å². The van der Waals surface area contributed by atoms with Crippen molar-refractivity contribution in [1.29, 1.82) is 0 Å². The van der Waals surface area contributed by atoms with Crippen LogP contribution in [-0.2, 0) is 9.84 Å². The molecule has 2 rings (SSSR count). The van der Waals surface area contributed by atoms with E-state index in [-0.39, 0.29) is 10.6 Å². The van der Waals surface area contributed by atoms with Crippen LogP contribution in [0.25, 0.3) is 0 Å². The Labute approximate surface area is 101 Å². The highest BCUT2D eigenvalue weighted by Crippen LogP contribution is 2.29. The molecule has 1 heterocycles. The van der Waals surface area contributed by atoms with Crippen LogP contribution in [0.4, 0.5) is 10.1 Å². The molecule has 0 bridgehead atoms. The Kier molecular flexibility index (Phi) is 2.89. The summed E-state index contributed by atoms with van der Waals surface area (Å²) < 4.78 is 37.2. The summed E-state index contributed by atoms with van der Waals surface area (Å²) in [4.78, 5) is 0.0814. The highest BCUT2D eigenvalue weighted by atomic mass is 127. The Morgan fingerprint density at radius 1 is 1.40 bits per heavy atom. The van der Waals surface area contributed by atoms with Crippen molar-refractivity contribution in [1.82, 2.24) is 0 Å². The second kappa shape index (κ2) is 3.89. The lowest BCUT2D eigenvalue weighted by atomic mass is 10.3. The van der Waals surface area contributed by atoms with Crippen molar-refractivity contribution in [3.8, 4) is 0 Å². The predicted molar refractivity (Wildman–Crippen MR) is 64.3 cm³/mol. The van der Waals surface area contributed by atoms with E-state index in [9.17, 15) is 12.8 Å². The molecule has 1 aromatic rings. The molecule has 0 aliphatic carbocycles. The Hall–Kier alpha value is -0.370. The molecular formula is C9H9FINO2S. The number of benzene rings is 1. The lowest BCUT2D eigenvalue weighted by Gasteiger charge is -2.08. The fraction of sp³-hybridized carbons (Fsp3) is 0.333. The van der Waals surface area contributed by atoms with Crippen molar-refractivity contribution >= 4 is 38.1 Å². The van der Waals surface area contributed by atoms with Gasteiger partial charge in [-0.05, 0) is 41.1 Å². The molecule has 0 fully saturated rings. The molecule has 0 unspecified atom stereocenters. The molecule has 0 aromatic heterocycles. The topological polar surface area (TPSA) is 46.2 Å².